The van der Waals surface area contributed by atoms with E-state index in [2.05, 4.69) is 17.2 Å². The van der Waals surface area contributed by atoms with Gasteiger partial charge in [-0.2, -0.15) is 5.26 Å². The van der Waals surface area contributed by atoms with Crippen molar-refractivity contribution in [2.24, 2.45) is 0 Å². The Morgan fingerprint density at radius 3 is 2.52 bits per heavy atom. The molecule has 21 heavy (non-hydrogen) atoms. The highest BCUT2D eigenvalue weighted by atomic mass is 19.1. The predicted molar refractivity (Wildman–Crippen MR) is 75.7 cm³/mol. The van der Waals surface area contributed by atoms with Crippen LogP contribution in [0.1, 0.15) is 23.7 Å². The van der Waals surface area contributed by atoms with Crippen molar-refractivity contribution in [3.63, 3.8) is 0 Å². The number of benzene rings is 1. The number of carbonyl (C=O) groups is 2. The number of hydrogen-bond donors (Lipinski definition) is 2. The van der Waals surface area contributed by atoms with Gasteiger partial charge in [0.15, 0.2) is 0 Å². The maximum atomic E-state index is 12.8. The molecule has 1 rings (SSSR count). The molecule has 0 aliphatic rings. The summed E-state index contributed by atoms with van der Waals surface area (Å²) in [6.45, 7) is 5.29. The van der Waals surface area contributed by atoms with Gasteiger partial charge in [0, 0.05) is 5.56 Å². The largest absolute Gasteiger partial charge is 0.341 e. The lowest BCUT2D eigenvalue weighted by Gasteiger charge is -2.17. The van der Waals surface area contributed by atoms with E-state index in [0.717, 1.165) is 0 Å². The standard InChI is InChI=1S/C15H16FN3O2/c1-10(2)9-13(15(21)18-8-7-17)19-14(20)11-3-5-12(16)6-4-11/h3-6,13H,1,8-9H2,2H3,(H,18,21)(H,19,20)/t13-/m0/s1. The summed E-state index contributed by atoms with van der Waals surface area (Å²) in [4.78, 5) is 23.9. The van der Waals surface area contributed by atoms with E-state index in [0.29, 0.717) is 5.57 Å². The average molecular weight is 289 g/mol. The summed E-state index contributed by atoms with van der Waals surface area (Å²) in [5.74, 6) is -1.40. The van der Waals surface area contributed by atoms with Gasteiger partial charge in [-0.3, -0.25) is 9.59 Å². The van der Waals surface area contributed by atoms with Crippen molar-refractivity contribution in [3.05, 3.63) is 47.8 Å². The van der Waals surface area contributed by atoms with E-state index in [9.17, 15) is 14.0 Å². The van der Waals surface area contributed by atoms with Crippen LogP contribution in [0.5, 0.6) is 0 Å². The molecule has 1 atom stereocenters. The summed E-state index contributed by atoms with van der Waals surface area (Å²) < 4.78 is 12.8. The van der Waals surface area contributed by atoms with Crippen LogP contribution in [0.15, 0.2) is 36.4 Å². The lowest BCUT2D eigenvalue weighted by molar-refractivity contribution is -0.122. The second-order valence-electron chi connectivity index (χ2n) is 4.57. The molecule has 1 aromatic rings. The van der Waals surface area contributed by atoms with Gasteiger partial charge in [0.1, 0.15) is 18.4 Å². The van der Waals surface area contributed by atoms with Crippen molar-refractivity contribution < 1.29 is 14.0 Å². The molecule has 2 amide bonds. The van der Waals surface area contributed by atoms with Crippen molar-refractivity contribution in [1.29, 1.82) is 5.26 Å². The fraction of sp³-hybridized carbons (Fsp3) is 0.267. The zero-order valence-corrected chi connectivity index (χ0v) is 11.6. The highest BCUT2D eigenvalue weighted by Crippen LogP contribution is 2.06. The number of nitrogens with zero attached hydrogens (tertiary/aromatic N) is 1. The van der Waals surface area contributed by atoms with Crippen molar-refractivity contribution >= 4 is 11.8 Å². The van der Waals surface area contributed by atoms with Crippen molar-refractivity contribution in [3.8, 4) is 6.07 Å². The Labute approximate surface area is 122 Å². The van der Waals surface area contributed by atoms with E-state index in [1.807, 2.05) is 0 Å². The van der Waals surface area contributed by atoms with Crippen LogP contribution in [0.25, 0.3) is 0 Å². The first-order chi connectivity index (χ1) is 9.93. The number of halogens is 1. The first-order valence-electron chi connectivity index (χ1n) is 6.29. The Morgan fingerprint density at radius 2 is 2.00 bits per heavy atom. The third-order valence-corrected chi connectivity index (χ3v) is 2.62. The van der Waals surface area contributed by atoms with Crippen LogP contribution in [0.4, 0.5) is 4.39 Å². The third-order valence-electron chi connectivity index (χ3n) is 2.62. The van der Waals surface area contributed by atoms with Crippen molar-refractivity contribution in [2.75, 3.05) is 6.54 Å². The molecule has 0 unspecified atom stereocenters. The van der Waals surface area contributed by atoms with Crippen molar-refractivity contribution in [1.82, 2.24) is 10.6 Å². The van der Waals surface area contributed by atoms with Crippen LogP contribution in [-0.4, -0.2) is 24.4 Å². The lowest BCUT2D eigenvalue weighted by Crippen LogP contribution is -2.47. The van der Waals surface area contributed by atoms with Gasteiger partial charge in [0.05, 0.1) is 6.07 Å². The molecular weight excluding hydrogens is 273 g/mol. The molecule has 0 saturated carbocycles. The molecule has 0 aliphatic carbocycles. The van der Waals surface area contributed by atoms with Gasteiger partial charge in [-0.25, -0.2) is 4.39 Å². The number of rotatable bonds is 6. The summed E-state index contributed by atoms with van der Waals surface area (Å²) in [5.41, 5.74) is 0.961. The molecule has 1 aromatic carbocycles. The Kier molecular flexibility index (Phi) is 6.08. The van der Waals surface area contributed by atoms with Gasteiger partial charge < -0.3 is 10.6 Å². The van der Waals surface area contributed by atoms with Crippen LogP contribution in [0.3, 0.4) is 0 Å². The molecule has 0 fully saturated rings. The van der Waals surface area contributed by atoms with E-state index in [-0.39, 0.29) is 18.5 Å². The van der Waals surface area contributed by atoms with Crippen molar-refractivity contribution in [2.45, 2.75) is 19.4 Å². The molecule has 0 heterocycles. The minimum atomic E-state index is -0.826. The lowest BCUT2D eigenvalue weighted by atomic mass is 10.1. The smallest absolute Gasteiger partial charge is 0.251 e. The highest BCUT2D eigenvalue weighted by molar-refractivity contribution is 5.97. The fourth-order valence-electron chi connectivity index (χ4n) is 1.65. The Hall–Kier alpha value is -2.68. The van der Waals surface area contributed by atoms with Crippen LogP contribution in [-0.2, 0) is 4.79 Å². The summed E-state index contributed by atoms with van der Waals surface area (Å²) in [6.07, 6.45) is 0.254. The van der Waals surface area contributed by atoms with Crippen LogP contribution in [0.2, 0.25) is 0 Å². The second kappa shape index (κ2) is 7.80. The first kappa shape index (κ1) is 16.4. The molecule has 6 heteroatoms. The summed E-state index contributed by atoms with van der Waals surface area (Å²) in [5, 5.41) is 13.4. The van der Waals surface area contributed by atoms with Gasteiger partial charge in [-0.05, 0) is 37.6 Å². The molecule has 110 valence electrons. The highest BCUT2D eigenvalue weighted by Gasteiger charge is 2.21. The molecule has 0 aliphatic heterocycles. The van der Waals surface area contributed by atoms with Gasteiger partial charge in [0.25, 0.3) is 5.91 Å². The number of nitriles is 1. The van der Waals surface area contributed by atoms with Crippen LogP contribution in [0, 0.1) is 17.1 Å². The van der Waals surface area contributed by atoms with Gasteiger partial charge in [-0.15, -0.1) is 6.58 Å². The minimum Gasteiger partial charge on any atom is -0.341 e. The maximum Gasteiger partial charge on any atom is 0.251 e. The molecule has 0 radical (unpaired) electrons. The topological polar surface area (TPSA) is 82.0 Å². The van der Waals surface area contributed by atoms with E-state index >= 15 is 0 Å². The van der Waals surface area contributed by atoms with E-state index in [1.54, 1.807) is 13.0 Å². The Bertz CT molecular complexity index is 576. The minimum absolute atomic E-state index is 0.141. The number of hydrogen-bond acceptors (Lipinski definition) is 3. The zero-order chi connectivity index (χ0) is 15.8. The molecular formula is C15H16FN3O2. The summed E-state index contributed by atoms with van der Waals surface area (Å²) in [6, 6.07) is 5.95. The second-order valence-corrected chi connectivity index (χ2v) is 4.57. The molecule has 2 N–H and O–H groups in total. The predicted octanol–water partition coefficient (Wildman–Crippen LogP) is 1.53. The fourth-order valence-corrected chi connectivity index (χ4v) is 1.65. The quantitative estimate of drug-likeness (QED) is 0.615. The van der Waals surface area contributed by atoms with E-state index in [4.69, 9.17) is 5.26 Å². The SMILES string of the molecule is C=C(C)C[C@H](NC(=O)c1ccc(F)cc1)C(=O)NCC#N. The Morgan fingerprint density at radius 1 is 1.38 bits per heavy atom. The number of carbonyl (C=O) groups excluding carboxylic acids is 2. The van der Waals surface area contributed by atoms with Crippen LogP contribution < -0.4 is 10.6 Å². The maximum absolute atomic E-state index is 12.8. The number of amides is 2. The van der Waals surface area contributed by atoms with Gasteiger partial charge >= 0.3 is 0 Å². The summed E-state index contributed by atoms with van der Waals surface area (Å²) >= 11 is 0. The molecule has 0 spiro atoms. The normalized spacial score (nSPS) is 11.1. The first-order valence-corrected chi connectivity index (χ1v) is 6.29. The molecule has 0 bridgehead atoms. The summed E-state index contributed by atoms with van der Waals surface area (Å²) in [7, 11) is 0. The van der Waals surface area contributed by atoms with E-state index < -0.39 is 23.7 Å². The van der Waals surface area contributed by atoms with E-state index in [1.165, 1.54) is 24.3 Å². The van der Waals surface area contributed by atoms with Gasteiger partial charge in [0.2, 0.25) is 5.91 Å². The van der Waals surface area contributed by atoms with Crippen LogP contribution >= 0.6 is 0 Å². The Balaban J connectivity index is 2.78. The molecule has 0 saturated heterocycles. The zero-order valence-electron chi connectivity index (χ0n) is 11.6. The third kappa shape index (κ3) is 5.45. The molecule has 5 nitrogen and oxygen atoms in total. The molecule has 0 aromatic heterocycles. The van der Waals surface area contributed by atoms with Gasteiger partial charge in [-0.1, -0.05) is 5.57 Å². The average Bonchev–Trinajstić information content (AvgIpc) is 2.44. The monoisotopic (exact) mass is 289 g/mol. The number of nitrogens with one attached hydrogen (secondary N) is 2.